The van der Waals surface area contributed by atoms with E-state index in [9.17, 15) is 9.59 Å². The zero-order valence-corrected chi connectivity index (χ0v) is 13.5. The van der Waals surface area contributed by atoms with Gasteiger partial charge in [-0.2, -0.15) is 0 Å². The molecule has 0 bridgehead atoms. The second-order valence-electron chi connectivity index (χ2n) is 6.19. The normalized spacial score (nSPS) is 16.7. The van der Waals surface area contributed by atoms with Gasteiger partial charge < -0.3 is 16.0 Å². The predicted octanol–water partition coefficient (Wildman–Crippen LogP) is 3.00. The fraction of sp³-hybridized carbons (Fsp3) is 0.529. The topological polar surface area (TPSA) is 70.2 Å². The smallest absolute Gasteiger partial charge is 0.251 e. The van der Waals surface area contributed by atoms with Crippen LogP contribution in [-0.4, -0.2) is 24.4 Å². The van der Waals surface area contributed by atoms with Crippen LogP contribution in [0.25, 0.3) is 0 Å². The molecular formula is C17H25N3O2. The van der Waals surface area contributed by atoms with Crippen LogP contribution >= 0.6 is 0 Å². The molecule has 0 saturated carbocycles. The number of amides is 2. The quantitative estimate of drug-likeness (QED) is 0.708. The Labute approximate surface area is 131 Å². The monoisotopic (exact) mass is 303 g/mol. The average Bonchev–Trinajstić information content (AvgIpc) is 2.47. The minimum Gasteiger partial charge on any atom is -0.372 e. The lowest BCUT2D eigenvalue weighted by Crippen LogP contribution is -2.39. The maximum Gasteiger partial charge on any atom is 0.251 e. The van der Waals surface area contributed by atoms with Crippen molar-refractivity contribution in [3.8, 4) is 0 Å². The number of hydrogen-bond donors (Lipinski definition) is 3. The van der Waals surface area contributed by atoms with Gasteiger partial charge in [0.05, 0.1) is 11.4 Å². The second-order valence-corrected chi connectivity index (χ2v) is 6.19. The highest BCUT2D eigenvalue weighted by Crippen LogP contribution is 2.29. The van der Waals surface area contributed by atoms with Crippen LogP contribution in [-0.2, 0) is 4.79 Å². The highest BCUT2D eigenvalue weighted by molar-refractivity contribution is 6.05. The molecule has 1 aliphatic heterocycles. The molecule has 120 valence electrons. The van der Waals surface area contributed by atoms with Gasteiger partial charge in [-0.25, -0.2) is 0 Å². The Morgan fingerprint density at radius 1 is 1.32 bits per heavy atom. The summed E-state index contributed by atoms with van der Waals surface area (Å²) in [5, 5.41) is 9.03. The van der Waals surface area contributed by atoms with Gasteiger partial charge in [-0.05, 0) is 37.0 Å². The Morgan fingerprint density at radius 3 is 2.77 bits per heavy atom. The third-order valence-corrected chi connectivity index (χ3v) is 3.71. The van der Waals surface area contributed by atoms with Crippen molar-refractivity contribution in [1.82, 2.24) is 5.32 Å². The molecule has 0 unspecified atom stereocenters. The molecule has 0 saturated heterocycles. The standard InChI is InChI=1S/C17H25N3O2/c1-4-5-8-18-16(21)12-6-7-13-14(10-12)20-17(22)15(19-13)9-11(2)3/h6-7,10-11,15,19H,4-5,8-9H2,1-3H3,(H,18,21)(H,20,22)/t15-/m1/s1. The molecule has 1 atom stereocenters. The number of fused-ring (bicyclic) bond motifs is 1. The van der Waals surface area contributed by atoms with Crippen molar-refractivity contribution in [3.63, 3.8) is 0 Å². The van der Waals surface area contributed by atoms with E-state index in [4.69, 9.17) is 0 Å². The van der Waals surface area contributed by atoms with E-state index in [1.54, 1.807) is 12.1 Å². The molecule has 2 rings (SSSR count). The molecule has 0 aromatic heterocycles. The Kier molecular flexibility index (Phi) is 5.41. The van der Waals surface area contributed by atoms with Crippen molar-refractivity contribution in [2.24, 2.45) is 5.92 Å². The summed E-state index contributed by atoms with van der Waals surface area (Å²) in [6.07, 6.45) is 2.79. The maximum atomic E-state index is 12.1. The molecule has 1 aromatic carbocycles. The van der Waals surface area contributed by atoms with Gasteiger partial charge in [-0.15, -0.1) is 0 Å². The highest BCUT2D eigenvalue weighted by Gasteiger charge is 2.26. The van der Waals surface area contributed by atoms with Crippen LogP contribution in [0.4, 0.5) is 11.4 Å². The number of carbonyl (C=O) groups excluding carboxylic acids is 2. The number of rotatable bonds is 6. The van der Waals surface area contributed by atoms with Crippen molar-refractivity contribution < 1.29 is 9.59 Å². The Morgan fingerprint density at radius 2 is 2.09 bits per heavy atom. The molecular weight excluding hydrogens is 278 g/mol. The van der Waals surface area contributed by atoms with Crippen molar-refractivity contribution in [2.45, 2.75) is 46.1 Å². The van der Waals surface area contributed by atoms with Gasteiger partial charge >= 0.3 is 0 Å². The molecule has 0 aliphatic carbocycles. The van der Waals surface area contributed by atoms with Crippen molar-refractivity contribution in [1.29, 1.82) is 0 Å². The van der Waals surface area contributed by atoms with E-state index >= 15 is 0 Å². The van der Waals surface area contributed by atoms with Gasteiger partial charge in [0.25, 0.3) is 5.91 Å². The van der Waals surface area contributed by atoms with E-state index < -0.39 is 0 Å². The number of unbranched alkanes of at least 4 members (excludes halogenated alkanes) is 1. The first-order valence-corrected chi connectivity index (χ1v) is 8.01. The van der Waals surface area contributed by atoms with Gasteiger partial charge in [0.1, 0.15) is 6.04 Å². The SMILES string of the molecule is CCCCNC(=O)c1ccc2c(c1)NC(=O)[C@@H](CC(C)C)N2. The predicted molar refractivity (Wildman–Crippen MR) is 89.2 cm³/mol. The molecule has 0 spiro atoms. The summed E-state index contributed by atoms with van der Waals surface area (Å²) in [5.74, 6) is 0.299. The molecule has 1 heterocycles. The summed E-state index contributed by atoms with van der Waals surface area (Å²) in [5.41, 5.74) is 2.11. The minimum atomic E-state index is -0.211. The van der Waals surface area contributed by atoms with Crippen LogP contribution in [0.3, 0.4) is 0 Å². The molecule has 3 N–H and O–H groups in total. The number of nitrogens with one attached hydrogen (secondary N) is 3. The first kappa shape index (κ1) is 16.3. The van der Waals surface area contributed by atoms with Gasteiger partial charge in [-0.3, -0.25) is 9.59 Å². The molecule has 1 aliphatic rings. The van der Waals surface area contributed by atoms with Crippen LogP contribution in [0.1, 0.15) is 50.4 Å². The molecule has 2 amide bonds. The summed E-state index contributed by atoms with van der Waals surface area (Å²) >= 11 is 0. The Bertz CT molecular complexity index is 555. The lowest BCUT2D eigenvalue weighted by atomic mass is 10.00. The summed E-state index contributed by atoms with van der Waals surface area (Å²) in [6, 6.07) is 5.16. The van der Waals surface area contributed by atoms with E-state index in [1.165, 1.54) is 0 Å². The summed E-state index contributed by atoms with van der Waals surface area (Å²) in [6.45, 7) is 6.94. The van der Waals surface area contributed by atoms with E-state index in [-0.39, 0.29) is 17.9 Å². The average molecular weight is 303 g/mol. The number of anilines is 2. The molecule has 0 fully saturated rings. The first-order chi connectivity index (χ1) is 10.5. The molecule has 5 heteroatoms. The van der Waals surface area contributed by atoms with E-state index in [1.807, 2.05) is 6.07 Å². The lowest BCUT2D eigenvalue weighted by Gasteiger charge is -2.28. The van der Waals surface area contributed by atoms with Gasteiger partial charge in [0.15, 0.2) is 0 Å². The largest absolute Gasteiger partial charge is 0.372 e. The zero-order valence-electron chi connectivity index (χ0n) is 13.5. The fourth-order valence-corrected chi connectivity index (χ4v) is 2.51. The number of hydrogen-bond acceptors (Lipinski definition) is 3. The van der Waals surface area contributed by atoms with E-state index in [2.05, 4.69) is 36.7 Å². The molecule has 5 nitrogen and oxygen atoms in total. The van der Waals surface area contributed by atoms with Crippen molar-refractivity contribution in [2.75, 3.05) is 17.2 Å². The maximum absolute atomic E-state index is 12.1. The lowest BCUT2D eigenvalue weighted by molar-refractivity contribution is -0.117. The molecule has 22 heavy (non-hydrogen) atoms. The first-order valence-electron chi connectivity index (χ1n) is 8.01. The van der Waals surface area contributed by atoms with E-state index in [0.29, 0.717) is 23.7 Å². The van der Waals surface area contributed by atoms with E-state index in [0.717, 1.165) is 24.9 Å². The summed E-state index contributed by atoms with van der Waals surface area (Å²) in [4.78, 5) is 24.2. The van der Waals surface area contributed by atoms with Crippen LogP contribution < -0.4 is 16.0 Å². The van der Waals surface area contributed by atoms with Crippen LogP contribution in [0.15, 0.2) is 18.2 Å². The van der Waals surface area contributed by atoms with Crippen LogP contribution in [0, 0.1) is 5.92 Å². The number of carbonyl (C=O) groups is 2. The Hall–Kier alpha value is -2.04. The van der Waals surface area contributed by atoms with Crippen molar-refractivity contribution in [3.05, 3.63) is 23.8 Å². The second kappa shape index (κ2) is 7.29. The molecule has 0 radical (unpaired) electrons. The van der Waals surface area contributed by atoms with Crippen LogP contribution in [0.5, 0.6) is 0 Å². The fourth-order valence-electron chi connectivity index (χ4n) is 2.51. The van der Waals surface area contributed by atoms with Gasteiger partial charge in [-0.1, -0.05) is 27.2 Å². The zero-order chi connectivity index (χ0) is 16.1. The number of benzene rings is 1. The minimum absolute atomic E-state index is 0.0373. The highest BCUT2D eigenvalue weighted by atomic mass is 16.2. The van der Waals surface area contributed by atoms with Crippen LogP contribution in [0.2, 0.25) is 0 Å². The summed E-state index contributed by atoms with van der Waals surface area (Å²) in [7, 11) is 0. The molecule has 1 aromatic rings. The third kappa shape index (κ3) is 4.00. The van der Waals surface area contributed by atoms with Crippen molar-refractivity contribution >= 4 is 23.2 Å². The summed E-state index contributed by atoms with van der Waals surface area (Å²) < 4.78 is 0. The van der Waals surface area contributed by atoms with Gasteiger partial charge in [0.2, 0.25) is 5.91 Å². The van der Waals surface area contributed by atoms with Gasteiger partial charge in [0, 0.05) is 12.1 Å². The Balaban J connectivity index is 2.08. The third-order valence-electron chi connectivity index (χ3n) is 3.71.